The van der Waals surface area contributed by atoms with Crippen LogP contribution in [-0.2, 0) is 14.4 Å². The summed E-state index contributed by atoms with van der Waals surface area (Å²) in [6, 6.07) is 0. The van der Waals surface area contributed by atoms with Crippen LogP contribution in [-0.4, -0.2) is 28.8 Å². The molecule has 0 N–H and O–H groups in total. The largest absolute Gasteiger partial charge is 0.464 e. The normalized spacial score (nSPS) is 28.4. The Morgan fingerprint density at radius 2 is 2.22 bits per heavy atom. The first-order chi connectivity index (χ1) is 8.45. The minimum atomic E-state index is -0.664. The Labute approximate surface area is 109 Å². The van der Waals surface area contributed by atoms with Gasteiger partial charge < -0.3 is 4.74 Å². The monoisotopic (exact) mass is 253 g/mol. The summed E-state index contributed by atoms with van der Waals surface area (Å²) in [6.07, 6.45) is 5.92. The molecule has 0 spiro atoms. The smallest absolute Gasteiger partial charge is 0.338 e. The SMILES string of the molecule is CCCCC1=CC2(C(=O)OCC)CC(C)(C)ON12. The Balaban J connectivity index is 2.16. The van der Waals surface area contributed by atoms with Crippen LogP contribution in [0.5, 0.6) is 0 Å². The van der Waals surface area contributed by atoms with Crippen LogP contribution in [0.3, 0.4) is 0 Å². The van der Waals surface area contributed by atoms with Gasteiger partial charge in [-0.15, -0.1) is 0 Å². The van der Waals surface area contributed by atoms with Crippen molar-refractivity contribution in [3.63, 3.8) is 0 Å². The molecule has 2 aliphatic heterocycles. The summed E-state index contributed by atoms with van der Waals surface area (Å²) >= 11 is 0. The van der Waals surface area contributed by atoms with Gasteiger partial charge in [-0.05, 0) is 39.7 Å². The first kappa shape index (κ1) is 13.4. The van der Waals surface area contributed by atoms with E-state index in [1.165, 1.54) is 0 Å². The minimum Gasteiger partial charge on any atom is -0.464 e. The summed E-state index contributed by atoms with van der Waals surface area (Å²) in [4.78, 5) is 18.0. The first-order valence-electron chi connectivity index (χ1n) is 6.83. The molecule has 0 aliphatic carbocycles. The molecule has 1 saturated heterocycles. The minimum absolute atomic E-state index is 0.184. The topological polar surface area (TPSA) is 38.8 Å². The molecular weight excluding hydrogens is 230 g/mol. The third kappa shape index (κ3) is 2.03. The van der Waals surface area contributed by atoms with Crippen molar-refractivity contribution in [3.8, 4) is 0 Å². The number of carbonyl (C=O) groups excluding carboxylic acids is 1. The Bertz CT molecular complexity index is 375. The van der Waals surface area contributed by atoms with Crippen LogP contribution in [0.25, 0.3) is 0 Å². The highest BCUT2D eigenvalue weighted by atomic mass is 16.7. The van der Waals surface area contributed by atoms with Crippen molar-refractivity contribution in [3.05, 3.63) is 11.8 Å². The summed E-state index contributed by atoms with van der Waals surface area (Å²) < 4.78 is 5.19. The Hall–Kier alpha value is -1.03. The Kier molecular flexibility index (Phi) is 3.41. The fraction of sp³-hybridized carbons (Fsp3) is 0.786. The van der Waals surface area contributed by atoms with Gasteiger partial charge in [0.1, 0.15) is 0 Å². The number of rotatable bonds is 5. The molecular formula is C14H23NO3. The Morgan fingerprint density at radius 1 is 1.50 bits per heavy atom. The highest BCUT2D eigenvalue weighted by molar-refractivity contribution is 5.86. The van der Waals surface area contributed by atoms with Gasteiger partial charge >= 0.3 is 5.97 Å². The summed E-state index contributed by atoms with van der Waals surface area (Å²) in [7, 11) is 0. The lowest BCUT2D eigenvalue weighted by atomic mass is 9.81. The van der Waals surface area contributed by atoms with E-state index in [9.17, 15) is 4.79 Å². The summed E-state index contributed by atoms with van der Waals surface area (Å²) in [5, 5.41) is 1.79. The number of hydrogen-bond acceptors (Lipinski definition) is 4. The number of nitrogens with zero attached hydrogens (tertiary/aromatic N) is 1. The Morgan fingerprint density at radius 3 is 2.83 bits per heavy atom. The number of hydrogen-bond donors (Lipinski definition) is 0. The van der Waals surface area contributed by atoms with Crippen molar-refractivity contribution in [2.75, 3.05) is 6.61 Å². The molecule has 2 heterocycles. The van der Waals surface area contributed by atoms with Gasteiger partial charge in [-0.25, -0.2) is 9.86 Å². The molecule has 0 aromatic rings. The van der Waals surface area contributed by atoms with Crippen molar-refractivity contribution in [2.45, 2.75) is 64.5 Å². The van der Waals surface area contributed by atoms with E-state index in [4.69, 9.17) is 9.57 Å². The fourth-order valence-corrected chi connectivity index (χ4v) is 2.78. The molecule has 1 atom stereocenters. The second kappa shape index (κ2) is 4.57. The predicted molar refractivity (Wildman–Crippen MR) is 68.6 cm³/mol. The second-order valence-electron chi connectivity index (χ2n) is 5.71. The van der Waals surface area contributed by atoms with Crippen LogP contribution >= 0.6 is 0 Å². The summed E-state index contributed by atoms with van der Waals surface area (Å²) in [6.45, 7) is 8.43. The van der Waals surface area contributed by atoms with Gasteiger partial charge in [0.25, 0.3) is 0 Å². The van der Waals surface area contributed by atoms with Crippen molar-refractivity contribution >= 4 is 5.97 Å². The number of allylic oxidation sites excluding steroid dienone is 1. The highest BCUT2D eigenvalue weighted by Crippen LogP contribution is 2.50. The van der Waals surface area contributed by atoms with Gasteiger partial charge in [0.15, 0.2) is 5.54 Å². The lowest BCUT2D eigenvalue weighted by Crippen LogP contribution is -2.55. The van der Waals surface area contributed by atoms with E-state index in [1.807, 2.05) is 26.8 Å². The fourth-order valence-electron chi connectivity index (χ4n) is 2.78. The second-order valence-corrected chi connectivity index (χ2v) is 5.71. The third-order valence-corrected chi connectivity index (χ3v) is 3.48. The van der Waals surface area contributed by atoms with Gasteiger partial charge in [0, 0.05) is 12.1 Å². The molecule has 2 aliphatic rings. The van der Waals surface area contributed by atoms with E-state index in [2.05, 4.69) is 6.92 Å². The van der Waals surface area contributed by atoms with Crippen molar-refractivity contribution in [2.24, 2.45) is 0 Å². The molecule has 0 amide bonds. The van der Waals surface area contributed by atoms with Gasteiger partial charge in [-0.1, -0.05) is 13.3 Å². The molecule has 102 valence electrons. The number of unbranched alkanes of at least 4 members (excludes halogenated alkanes) is 1. The molecule has 0 aromatic heterocycles. The van der Waals surface area contributed by atoms with Crippen LogP contribution in [0.15, 0.2) is 11.8 Å². The van der Waals surface area contributed by atoms with Crippen LogP contribution in [0.1, 0.15) is 53.4 Å². The zero-order valence-electron chi connectivity index (χ0n) is 11.8. The number of hydroxylamine groups is 2. The van der Waals surface area contributed by atoms with Crippen LogP contribution in [0.4, 0.5) is 0 Å². The number of esters is 1. The lowest BCUT2D eigenvalue weighted by Gasteiger charge is -2.42. The van der Waals surface area contributed by atoms with Crippen LogP contribution in [0, 0.1) is 0 Å². The molecule has 2 rings (SSSR count). The molecule has 1 fully saturated rings. The molecule has 0 radical (unpaired) electrons. The van der Waals surface area contributed by atoms with Gasteiger partial charge in [-0.3, -0.25) is 4.84 Å². The summed E-state index contributed by atoms with van der Waals surface area (Å²) in [5.41, 5.74) is 0.148. The zero-order chi connectivity index (χ0) is 13.4. The van der Waals surface area contributed by atoms with Gasteiger partial charge in [0.05, 0.1) is 12.2 Å². The van der Waals surface area contributed by atoms with Crippen LogP contribution < -0.4 is 0 Å². The molecule has 0 saturated carbocycles. The highest BCUT2D eigenvalue weighted by Gasteiger charge is 2.61. The molecule has 1 unspecified atom stereocenters. The molecule has 18 heavy (non-hydrogen) atoms. The van der Waals surface area contributed by atoms with Crippen molar-refractivity contribution in [1.82, 2.24) is 5.06 Å². The first-order valence-corrected chi connectivity index (χ1v) is 6.83. The number of carbonyl (C=O) groups is 1. The van der Waals surface area contributed by atoms with E-state index >= 15 is 0 Å². The van der Waals surface area contributed by atoms with E-state index in [-0.39, 0.29) is 11.6 Å². The van der Waals surface area contributed by atoms with Crippen molar-refractivity contribution in [1.29, 1.82) is 0 Å². The third-order valence-electron chi connectivity index (χ3n) is 3.48. The van der Waals surface area contributed by atoms with Crippen molar-refractivity contribution < 1.29 is 14.4 Å². The predicted octanol–water partition coefficient (Wildman–Crippen LogP) is 2.79. The van der Waals surface area contributed by atoms with Gasteiger partial charge in [0.2, 0.25) is 0 Å². The average molecular weight is 253 g/mol. The summed E-state index contributed by atoms with van der Waals surface area (Å²) in [5.74, 6) is -0.184. The molecule has 0 aromatic carbocycles. The van der Waals surface area contributed by atoms with E-state index in [0.29, 0.717) is 13.0 Å². The quantitative estimate of drug-likeness (QED) is 0.706. The zero-order valence-corrected chi connectivity index (χ0v) is 11.8. The van der Waals surface area contributed by atoms with E-state index in [1.54, 1.807) is 5.06 Å². The lowest BCUT2D eigenvalue weighted by molar-refractivity contribution is -0.208. The standard InChI is InChI=1S/C14H23NO3/c1-5-7-8-11-9-14(12(16)17-6-2)10-13(3,4)18-15(11)14/h9H,5-8,10H2,1-4H3. The van der Waals surface area contributed by atoms with E-state index in [0.717, 1.165) is 25.0 Å². The maximum Gasteiger partial charge on any atom is 0.338 e. The average Bonchev–Trinajstić information content (AvgIpc) is 2.50. The maximum absolute atomic E-state index is 12.1. The number of fused-ring (bicyclic) bond motifs is 1. The number of ether oxygens (including phenoxy) is 1. The maximum atomic E-state index is 12.1. The van der Waals surface area contributed by atoms with E-state index < -0.39 is 5.54 Å². The molecule has 4 heteroatoms. The van der Waals surface area contributed by atoms with Crippen LogP contribution in [0.2, 0.25) is 0 Å². The van der Waals surface area contributed by atoms with Gasteiger partial charge in [-0.2, -0.15) is 0 Å². The molecule has 0 bridgehead atoms. The molecule has 4 nitrogen and oxygen atoms in total.